The lowest BCUT2D eigenvalue weighted by Gasteiger charge is -2.40. The molecule has 0 fully saturated rings. The third kappa shape index (κ3) is 6.15. The van der Waals surface area contributed by atoms with E-state index in [0.717, 1.165) is 0 Å². The molecule has 0 saturated carbocycles. The fourth-order valence-electron chi connectivity index (χ4n) is 1.57. The van der Waals surface area contributed by atoms with Crippen LogP contribution < -0.4 is 5.32 Å². The van der Waals surface area contributed by atoms with E-state index in [1.54, 1.807) is 0 Å². The number of ether oxygens (including phenoxy) is 2. The maximum atomic E-state index is 11.9. The van der Waals surface area contributed by atoms with Crippen LogP contribution in [0.4, 0.5) is 0 Å². The second-order valence-electron chi connectivity index (χ2n) is 6.57. The number of esters is 1. The molecule has 0 aromatic heterocycles. The van der Waals surface area contributed by atoms with Crippen molar-refractivity contribution in [2.45, 2.75) is 58.0 Å². The zero-order chi connectivity index (χ0) is 16.8. The van der Waals surface area contributed by atoms with Gasteiger partial charge in [-0.3, -0.25) is 4.79 Å². The van der Waals surface area contributed by atoms with Crippen molar-refractivity contribution in [1.29, 1.82) is 0 Å². The molecular formula is C14H29NO5Si. The van der Waals surface area contributed by atoms with Crippen LogP contribution in [0.1, 0.15) is 27.7 Å². The number of nitrogens with one attached hydrogen (secondary N) is 1. The van der Waals surface area contributed by atoms with E-state index in [4.69, 9.17) is 13.9 Å². The Kier molecular flexibility index (Phi) is 7.56. The predicted molar refractivity (Wildman–Crippen MR) is 83.6 cm³/mol. The van der Waals surface area contributed by atoms with Crippen molar-refractivity contribution in [3.05, 3.63) is 0 Å². The highest BCUT2D eigenvalue weighted by molar-refractivity contribution is 6.74. The summed E-state index contributed by atoms with van der Waals surface area (Å²) in [6.45, 7) is 12.0. The van der Waals surface area contributed by atoms with Gasteiger partial charge in [-0.15, -0.1) is 0 Å². The van der Waals surface area contributed by atoms with Crippen LogP contribution in [0.2, 0.25) is 18.1 Å². The van der Waals surface area contributed by atoms with Crippen LogP contribution in [0, 0.1) is 0 Å². The van der Waals surface area contributed by atoms with Crippen molar-refractivity contribution < 1.29 is 23.5 Å². The van der Waals surface area contributed by atoms with Gasteiger partial charge in [0.1, 0.15) is 0 Å². The van der Waals surface area contributed by atoms with Gasteiger partial charge in [-0.25, -0.2) is 4.79 Å². The molecule has 124 valence electrons. The molecule has 1 amide bonds. The molecule has 0 aromatic rings. The number of carbonyl (C=O) groups is 2. The number of hydrogen-bond acceptors (Lipinski definition) is 5. The molecule has 6 nitrogen and oxygen atoms in total. The first-order valence-electron chi connectivity index (χ1n) is 6.98. The normalized spacial score (nSPS) is 15.2. The summed E-state index contributed by atoms with van der Waals surface area (Å²) in [6.07, 6.45) is -0.577. The smallest absolute Gasteiger partial charge is 0.331 e. The molecule has 0 aliphatic carbocycles. The van der Waals surface area contributed by atoms with Crippen molar-refractivity contribution in [2.75, 3.05) is 20.8 Å². The third-order valence-corrected chi connectivity index (χ3v) is 8.27. The topological polar surface area (TPSA) is 73.9 Å². The third-order valence-electron chi connectivity index (χ3n) is 3.77. The van der Waals surface area contributed by atoms with E-state index < -0.39 is 26.4 Å². The molecule has 0 unspecified atom stereocenters. The molecule has 0 radical (unpaired) electrons. The van der Waals surface area contributed by atoms with E-state index >= 15 is 0 Å². The molecule has 7 heteroatoms. The first-order chi connectivity index (χ1) is 9.46. The minimum Gasteiger partial charge on any atom is -0.467 e. The number of amides is 1. The zero-order valence-electron chi connectivity index (χ0n) is 14.4. The first-order valence-corrected chi connectivity index (χ1v) is 9.88. The summed E-state index contributed by atoms with van der Waals surface area (Å²) in [5.41, 5.74) is 0. The molecule has 0 bridgehead atoms. The Morgan fingerprint density at radius 3 is 2.05 bits per heavy atom. The van der Waals surface area contributed by atoms with Crippen LogP contribution in [0.15, 0.2) is 0 Å². The van der Waals surface area contributed by atoms with Crippen molar-refractivity contribution in [1.82, 2.24) is 5.32 Å². The highest BCUT2D eigenvalue weighted by Crippen LogP contribution is 2.37. The molecule has 1 N–H and O–H groups in total. The summed E-state index contributed by atoms with van der Waals surface area (Å²) in [6, 6.07) is -0.874. The highest BCUT2D eigenvalue weighted by Gasteiger charge is 2.42. The van der Waals surface area contributed by atoms with E-state index in [-0.39, 0.29) is 17.6 Å². The Morgan fingerprint density at radius 2 is 1.71 bits per heavy atom. The van der Waals surface area contributed by atoms with Crippen LogP contribution in [-0.2, 0) is 23.5 Å². The van der Waals surface area contributed by atoms with Gasteiger partial charge in [0.25, 0.3) is 0 Å². The van der Waals surface area contributed by atoms with Crippen LogP contribution >= 0.6 is 0 Å². The Hall–Kier alpha value is -0.923. The molecule has 0 aliphatic heterocycles. The van der Waals surface area contributed by atoms with Crippen molar-refractivity contribution >= 4 is 20.2 Å². The average Bonchev–Trinajstić information content (AvgIpc) is 2.32. The van der Waals surface area contributed by atoms with E-state index in [1.165, 1.54) is 21.1 Å². The monoisotopic (exact) mass is 319 g/mol. The lowest BCUT2D eigenvalue weighted by atomic mass is 10.1. The molecule has 0 spiro atoms. The maximum Gasteiger partial charge on any atom is 0.331 e. The fourth-order valence-corrected chi connectivity index (χ4v) is 2.88. The van der Waals surface area contributed by atoms with Crippen molar-refractivity contribution in [3.8, 4) is 0 Å². The van der Waals surface area contributed by atoms with E-state index in [1.807, 2.05) is 0 Å². The quantitative estimate of drug-likeness (QED) is 0.571. The standard InChI is InChI=1S/C14H29NO5Si/c1-10(16)15-12(13(17)19-6)11(9-18-5)20-21(7,8)14(2,3)4/h11-12H,9H2,1-8H3,(H,15,16)/t11-,12-/m0/s1. The highest BCUT2D eigenvalue weighted by atomic mass is 28.4. The Morgan fingerprint density at radius 1 is 1.19 bits per heavy atom. The lowest BCUT2D eigenvalue weighted by molar-refractivity contribution is -0.148. The van der Waals surface area contributed by atoms with Gasteiger partial charge in [0.15, 0.2) is 14.4 Å². The summed E-state index contributed by atoms with van der Waals surface area (Å²) in [5, 5.41) is 2.58. The van der Waals surface area contributed by atoms with Crippen LogP contribution in [0.5, 0.6) is 0 Å². The fraction of sp³-hybridized carbons (Fsp3) is 0.857. The summed E-state index contributed by atoms with van der Waals surface area (Å²) in [7, 11) is 0.700. The number of carbonyl (C=O) groups excluding carboxylic acids is 2. The van der Waals surface area contributed by atoms with Gasteiger partial charge in [0, 0.05) is 14.0 Å². The van der Waals surface area contributed by atoms with Gasteiger partial charge in [0.2, 0.25) is 5.91 Å². The molecular weight excluding hydrogens is 290 g/mol. The SMILES string of the molecule is COC[C@H](O[Si](C)(C)C(C)(C)C)[C@H](NC(C)=O)C(=O)OC. The number of rotatable bonds is 7. The molecule has 21 heavy (non-hydrogen) atoms. The van der Waals surface area contributed by atoms with Gasteiger partial charge in [0.05, 0.1) is 19.8 Å². The zero-order valence-corrected chi connectivity index (χ0v) is 15.4. The van der Waals surface area contributed by atoms with Gasteiger partial charge in [-0.1, -0.05) is 20.8 Å². The largest absolute Gasteiger partial charge is 0.467 e. The van der Waals surface area contributed by atoms with Gasteiger partial charge in [-0.2, -0.15) is 0 Å². The van der Waals surface area contributed by atoms with E-state index in [2.05, 4.69) is 39.2 Å². The summed E-state index contributed by atoms with van der Waals surface area (Å²) in [4.78, 5) is 23.3. The Labute approximate surface area is 128 Å². The minimum absolute atomic E-state index is 0.0180. The molecule has 2 atom stereocenters. The van der Waals surface area contributed by atoms with Gasteiger partial charge >= 0.3 is 5.97 Å². The lowest BCUT2D eigenvalue weighted by Crippen LogP contribution is -2.56. The Balaban J connectivity index is 5.31. The molecule has 0 rings (SSSR count). The summed E-state index contributed by atoms with van der Waals surface area (Å²) in [5.74, 6) is -0.851. The van der Waals surface area contributed by atoms with Gasteiger partial charge < -0.3 is 19.2 Å². The molecule has 0 aliphatic rings. The second kappa shape index (κ2) is 7.91. The number of methoxy groups -OCH3 is 2. The Bertz CT molecular complexity index is 365. The van der Waals surface area contributed by atoms with Crippen LogP contribution in [-0.4, -0.2) is 53.2 Å². The van der Waals surface area contributed by atoms with Gasteiger partial charge in [-0.05, 0) is 18.1 Å². The summed E-state index contributed by atoms with van der Waals surface area (Å²) < 4.78 is 16.2. The number of hydrogen-bond donors (Lipinski definition) is 1. The molecule has 0 saturated heterocycles. The van der Waals surface area contributed by atoms with E-state index in [0.29, 0.717) is 0 Å². The predicted octanol–water partition coefficient (Wildman–Crippen LogP) is 1.70. The van der Waals surface area contributed by atoms with E-state index in [9.17, 15) is 9.59 Å². The maximum absolute atomic E-state index is 11.9. The van der Waals surface area contributed by atoms with Crippen LogP contribution in [0.3, 0.4) is 0 Å². The molecule has 0 heterocycles. The second-order valence-corrected chi connectivity index (χ2v) is 11.3. The first kappa shape index (κ1) is 20.1. The molecule has 0 aromatic carbocycles. The average molecular weight is 319 g/mol. The summed E-state index contributed by atoms with van der Waals surface area (Å²) >= 11 is 0. The minimum atomic E-state index is -2.12. The van der Waals surface area contributed by atoms with Crippen molar-refractivity contribution in [3.63, 3.8) is 0 Å². The van der Waals surface area contributed by atoms with Crippen LogP contribution in [0.25, 0.3) is 0 Å². The van der Waals surface area contributed by atoms with Crippen molar-refractivity contribution in [2.24, 2.45) is 0 Å².